The van der Waals surface area contributed by atoms with Crippen LogP contribution in [0.1, 0.15) is 18.4 Å². The topological polar surface area (TPSA) is 21.3 Å². The molecule has 1 saturated heterocycles. The summed E-state index contributed by atoms with van der Waals surface area (Å²) in [5.41, 5.74) is 3.90. The van der Waals surface area contributed by atoms with Crippen LogP contribution in [0.2, 0.25) is 0 Å². The molecule has 1 atom stereocenters. The van der Waals surface area contributed by atoms with Gasteiger partial charge in [-0.25, -0.2) is 0 Å². The van der Waals surface area contributed by atoms with Crippen molar-refractivity contribution in [2.75, 3.05) is 19.8 Å². The normalized spacial score (nSPS) is 18.0. The maximum atomic E-state index is 5.40. The molecule has 1 fully saturated rings. The van der Waals surface area contributed by atoms with Crippen LogP contribution in [0.4, 0.5) is 0 Å². The molecule has 1 aliphatic rings. The lowest BCUT2D eigenvalue weighted by molar-refractivity contribution is 0.184. The van der Waals surface area contributed by atoms with Gasteiger partial charge in [0.05, 0.1) is 0 Å². The molecule has 3 rings (SSSR count). The van der Waals surface area contributed by atoms with Gasteiger partial charge in [0.25, 0.3) is 0 Å². The molecular formula is C19H23NO. The minimum Gasteiger partial charge on any atom is -0.381 e. The van der Waals surface area contributed by atoms with Crippen molar-refractivity contribution in [2.45, 2.75) is 19.4 Å². The molecule has 1 aliphatic heterocycles. The van der Waals surface area contributed by atoms with Crippen LogP contribution in [-0.4, -0.2) is 19.8 Å². The van der Waals surface area contributed by atoms with Crippen molar-refractivity contribution in [3.05, 3.63) is 60.2 Å². The summed E-state index contributed by atoms with van der Waals surface area (Å²) in [5, 5.41) is 3.53. The molecule has 21 heavy (non-hydrogen) atoms. The molecule has 2 aromatic carbocycles. The Kier molecular flexibility index (Phi) is 5.03. The van der Waals surface area contributed by atoms with E-state index in [1.165, 1.54) is 29.5 Å². The lowest BCUT2D eigenvalue weighted by atomic mass is 10.0. The van der Waals surface area contributed by atoms with E-state index >= 15 is 0 Å². The van der Waals surface area contributed by atoms with E-state index in [1.807, 2.05) is 0 Å². The zero-order chi connectivity index (χ0) is 14.3. The Morgan fingerprint density at radius 3 is 2.43 bits per heavy atom. The molecule has 1 N–H and O–H groups in total. The highest BCUT2D eigenvalue weighted by Crippen LogP contribution is 2.19. The van der Waals surface area contributed by atoms with E-state index in [9.17, 15) is 0 Å². The zero-order valence-electron chi connectivity index (χ0n) is 12.4. The van der Waals surface area contributed by atoms with Crippen LogP contribution in [0.25, 0.3) is 11.1 Å². The average Bonchev–Trinajstić information content (AvgIpc) is 3.06. The number of nitrogens with one attached hydrogen (secondary N) is 1. The van der Waals surface area contributed by atoms with E-state index in [1.54, 1.807) is 0 Å². The average molecular weight is 281 g/mol. The first kappa shape index (κ1) is 14.3. The Hall–Kier alpha value is -1.64. The lowest BCUT2D eigenvalue weighted by Gasteiger charge is -2.09. The Morgan fingerprint density at radius 1 is 0.952 bits per heavy atom. The van der Waals surface area contributed by atoms with Crippen molar-refractivity contribution in [2.24, 2.45) is 5.92 Å². The lowest BCUT2D eigenvalue weighted by Crippen LogP contribution is -2.17. The molecule has 0 aromatic heterocycles. The van der Waals surface area contributed by atoms with Gasteiger partial charge in [-0.3, -0.25) is 0 Å². The number of ether oxygens (including phenoxy) is 1. The van der Waals surface area contributed by atoms with Gasteiger partial charge < -0.3 is 10.1 Å². The quantitative estimate of drug-likeness (QED) is 0.812. The third kappa shape index (κ3) is 4.16. The van der Waals surface area contributed by atoms with E-state index < -0.39 is 0 Å². The third-order valence-corrected chi connectivity index (χ3v) is 4.14. The molecule has 0 spiro atoms. The monoisotopic (exact) mass is 281 g/mol. The molecule has 0 radical (unpaired) electrons. The number of benzene rings is 2. The van der Waals surface area contributed by atoms with Crippen molar-refractivity contribution < 1.29 is 4.74 Å². The van der Waals surface area contributed by atoms with Crippen molar-refractivity contribution >= 4 is 0 Å². The fourth-order valence-corrected chi connectivity index (χ4v) is 2.80. The molecule has 0 aliphatic carbocycles. The summed E-state index contributed by atoms with van der Waals surface area (Å²) in [5.74, 6) is 0.762. The second kappa shape index (κ2) is 7.39. The fraction of sp³-hybridized carbons (Fsp3) is 0.368. The number of hydrogen-bond donors (Lipinski definition) is 1. The van der Waals surface area contributed by atoms with Gasteiger partial charge in [0.1, 0.15) is 0 Å². The molecule has 2 aromatic rings. The van der Waals surface area contributed by atoms with Crippen molar-refractivity contribution in [1.29, 1.82) is 0 Å². The van der Waals surface area contributed by atoms with E-state index in [4.69, 9.17) is 4.74 Å². The van der Waals surface area contributed by atoms with E-state index in [0.717, 1.165) is 32.2 Å². The second-order valence-electron chi connectivity index (χ2n) is 5.76. The summed E-state index contributed by atoms with van der Waals surface area (Å²) in [6, 6.07) is 19.4. The molecular weight excluding hydrogens is 258 g/mol. The number of rotatable bonds is 6. The van der Waals surface area contributed by atoms with Crippen LogP contribution in [0.3, 0.4) is 0 Å². The summed E-state index contributed by atoms with van der Waals surface area (Å²) < 4.78 is 5.40. The summed E-state index contributed by atoms with van der Waals surface area (Å²) in [4.78, 5) is 0. The van der Waals surface area contributed by atoms with Gasteiger partial charge in [-0.2, -0.15) is 0 Å². The summed E-state index contributed by atoms with van der Waals surface area (Å²) >= 11 is 0. The molecule has 1 heterocycles. The molecule has 0 amide bonds. The molecule has 1 unspecified atom stereocenters. The predicted molar refractivity (Wildman–Crippen MR) is 87.1 cm³/mol. The fourth-order valence-electron chi connectivity index (χ4n) is 2.80. The van der Waals surface area contributed by atoms with Gasteiger partial charge in [-0.1, -0.05) is 54.6 Å². The Balaban J connectivity index is 1.46. The SMILES string of the molecule is c1ccc(-c2ccc(CNCCC3CCOC3)cc2)cc1. The second-order valence-corrected chi connectivity index (χ2v) is 5.76. The predicted octanol–water partition coefficient (Wildman–Crippen LogP) is 3.87. The standard InChI is InChI=1S/C19H23NO/c1-2-4-18(5-3-1)19-8-6-16(7-9-19)14-20-12-10-17-11-13-21-15-17/h1-9,17,20H,10-15H2. The minimum atomic E-state index is 0.762. The maximum absolute atomic E-state index is 5.40. The van der Waals surface area contributed by atoms with Crippen LogP contribution in [0.15, 0.2) is 54.6 Å². The van der Waals surface area contributed by atoms with Gasteiger partial charge >= 0.3 is 0 Å². The largest absolute Gasteiger partial charge is 0.381 e. The van der Waals surface area contributed by atoms with Gasteiger partial charge in [0, 0.05) is 19.8 Å². The van der Waals surface area contributed by atoms with Gasteiger partial charge in [0.2, 0.25) is 0 Å². The van der Waals surface area contributed by atoms with Crippen molar-refractivity contribution in [3.63, 3.8) is 0 Å². The smallest absolute Gasteiger partial charge is 0.0495 e. The van der Waals surface area contributed by atoms with E-state index in [2.05, 4.69) is 59.9 Å². The Morgan fingerprint density at radius 2 is 1.71 bits per heavy atom. The van der Waals surface area contributed by atoms with Crippen LogP contribution in [0, 0.1) is 5.92 Å². The molecule has 0 bridgehead atoms. The molecule has 2 nitrogen and oxygen atoms in total. The van der Waals surface area contributed by atoms with Gasteiger partial charge in [0.15, 0.2) is 0 Å². The highest BCUT2D eigenvalue weighted by molar-refractivity contribution is 5.63. The number of hydrogen-bond acceptors (Lipinski definition) is 2. The van der Waals surface area contributed by atoms with Crippen LogP contribution in [0.5, 0.6) is 0 Å². The van der Waals surface area contributed by atoms with Crippen molar-refractivity contribution in [1.82, 2.24) is 5.32 Å². The maximum Gasteiger partial charge on any atom is 0.0495 e. The summed E-state index contributed by atoms with van der Waals surface area (Å²) in [6.07, 6.45) is 2.45. The molecule has 2 heteroatoms. The van der Waals surface area contributed by atoms with E-state index in [0.29, 0.717) is 0 Å². The molecule has 0 saturated carbocycles. The zero-order valence-corrected chi connectivity index (χ0v) is 12.4. The molecule has 110 valence electrons. The highest BCUT2D eigenvalue weighted by Gasteiger charge is 2.14. The van der Waals surface area contributed by atoms with Gasteiger partial charge in [-0.15, -0.1) is 0 Å². The minimum absolute atomic E-state index is 0.762. The Labute approximate surface area is 127 Å². The third-order valence-electron chi connectivity index (χ3n) is 4.14. The van der Waals surface area contributed by atoms with Crippen LogP contribution in [-0.2, 0) is 11.3 Å². The van der Waals surface area contributed by atoms with Gasteiger partial charge in [-0.05, 0) is 42.0 Å². The first-order chi connectivity index (χ1) is 10.4. The summed E-state index contributed by atoms with van der Waals surface area (Å²) in [7, 11) is 0. The van der Waals surface area contributed by atoms with E-state index in [-0.39, 0.29) is 0 Å². The highest BCUT2D eigenvalue weighted by atomic mass is 16.5. The van der Waals surface area contributed by atoms with Crippen molar-refractivity contribution in [3.8, 4) is 11.1 Å². The van der Waals surface area contributed by atoms with Crippen LogP contribution < -0.4 is 5.32 Å². The first-order valence-corrected chi connectivity index (χ1v) is 7.84. The van der Waals surface area contributed by atoms with Crippen LogP contribution >= 0.6 is 0 Å². The Bertz CT molecular complexity index is 529. The first-order valence-electron chi connectivity index (χ1n) is 7.84. The summed E-state index contributed by atoms with van der Waals surface area (Å²) in [6.45, 7) is 3.93.